The Morgan fingerprint density at radius 1 is 1.25 bits per heavy atom. The molecule has 0 heterocycles. The van der Waals surface area contributed by atoms with Gasteiger partial charge in [0.15, 0.2) is 0 Å². The quantitative estimate of drug-likeness (QED) is 0.356. The van der Waals surface area contributed by atoms with Gasteiger partial charge >= 0.3 is 57.5 Å². The summed E-state index contributed by atoms with van der Waals surface area (Å²) in [6.07, 6.45) is 0. The molecule has 0 aliphatic carbocycles. The Bertz CT molecular complexity index is 6.00. The summed E-state index contributed by atoms with van der Waals surface area (Å²) in [4.78, 5) is 0. The fourth-order valence-corrected chi connectivity index (χ4v) is 0. The zero-order valence-corrected chi connectivity index (χ0v) is 2.37. The van der Waals surface area contributed by atoms with Crippen LogP contribution in [0, 0.1) is 0 Å². The standard InChI is InChI=1S/Ca.Fe.H2O.O.2H/h;;1H2;;;. The topological polar surface area (TPSA) is 48.6 Å². The van der Waals surface area contributed by atoms with E-state index in [-0.39, 0.29) is 43.2 Å². The molecule has 0 saturated heterocycles. The maximum absolute atomic E-state index is 8.00. The monoisotopic (exact) mass is 132 g/mol. The van der Waals surface area contributed by atoms with Crippen LogP contribution in [0.5, 0.6) is 0 Å². The van der Waals surface area contributed by atoms with Crippen LogP contribution < -0.4 is 0 Å². The van der Waals surface area contributed by atoms with E-state index in [0.29, 0.717) is 0 Å². The molecule has 0 atom stereocenters. The molecule has 0 fully saturated rings. The molecule has 0 aliphatic rings. The minimum absolute atomic E-state index is 0. The molecule has 2 N–H and O–H groups in total. The van der Waals surface area contributed by atoms with Crippen molar-refractivity contribution in [1.29, 1.82) is 0 Å². The zero-order chi connectivity index (χ0) is 2.00. The third-order valence-electron chi connectivity index (χ3n) is 0. The molecule has 0 unspecified atom stereocenters. The summed E-state index contributed by atoms with van der Waals surface area (Å²) in [6.45, 7) is 0. The van der Waals surface area contributed by atoms with Crippen LogP contribution in [-0.4, -0.2) is 43.2 Å². The fraction of sp³-hybridized carbons (Fsp3) is 0. The van der Waals surface area contributed by atoms with Gasteiger partial charge in [-0.05, 0) is 0 Å². The van der Waals surface area contributed by atoms with E-state index >= 15 is 0 Å². The number of hydrogen-bond acceptors (Lipinski definition) is 1. The first-order valence-electron chi connectivity index (χ1n) is 0.144. The van der Waals surface area contributed by atoms with Crippen molar-refractivity contribution in [3.63, 3.8) is 0 Å². The van der Waals surface area contributed by atoms with E-state index in [4.69, 9.17) is 3.83 Å². The number of hydrogen-bond donors (Lipinski definition) is 0. The molecule has 0 spiro atoms. The summed E-state index contributed by atoms with van der Waals surface area (Å²) in [5.41, 5.74) is 0. The first kappa shape index (κ1) is 17.7. The van der Waals surface area contributed by atoms with Crippen molar-refractivity contribution < 1.29 is 25.3 Å². The summed E-state index contributed by atoms with van der Waals surface area (Å²) >= 11 is 2.00. The van der Waals surface area contributed by atoms with Crippen molar-refractivity contribution in [2.75, 3.05) is 0 Å². The molecule has 0 radical (unpaired) electrons. The number of rotatable bonds is 0. The Hall–Kier alpha value is 1.54. The normalized spacial score (nSPS) is 1.25. The van der Waals surface area contributed by atoms with Crippen molar-refractivity contribution >= 4 is 37.7 Å². The summed E-state index contributed by atoms with van der Waals surface area (Å²) < 4.78 is 8.00. The molecule has 0 aromatic rings. The molecule has 26 valence electrons. The van der Waals surface area contributed by atoms with Crippen molar-refractivity contribution in [3.05, 3.63) is 0 Å². The van der Waals surface area contributed by atoms with Gasteiger partial charge in [0.05, 0.1) is 0 Å². The zero-order valence-electron chi connectivity index (χ0n) is 1.26. The van der Waals surface area contributed by atoms with E-state index in [0.717, 1.165) is 0 Å². The van der Waals surface area contributed by atoms with Crippen LogP contribution in [0.2, 0.25) is 0 Å². The molecular formula is H4CaFeO2. The average Bonchev–Trinajstić information content (AvgIpc) is 1.00. The molecule has 0 saturated carbocycles. The van der Waals surface area contributed by atoms with E-state index in [1.165, 1.54) is 0 Å². The summed E-state index contributed by atoms with van der Waals surface area (Å²) in [5, 5.41) is 0. The Morgan fingerprint density at radius 3 is 1.25 bits per heavy atom. The molecule has 0 aromatic carbocycles. The van der Waals surface area contributed by atoms with Crippen molar-refractivity contribution in [1.82, 2.24) is 0 Å². The predicted molar refractivity (Wildman–Crippen MR) is 12.8 cm³/mol. The van der Waals surface area contributed by atoms with Gasteiger partial charge in [-0.2, -0.15) is 0 Å². The van der Waals surface area contributed by atoms with Crippen LogP contribution in [-0.2, 0) is 19.8 Å². The Balaban J connectivity index is -0.00000000500. The van der Waals surface area contributed by atoms with Gasteiger partial charge in [-0.15, -0.1) is 0 Å². The van der Waals surface area contributed by atoms with Crippen LogP contribution in [0.3, 0.4) is 0 Å². The average molecular weight is 132 g/mol. The predicted octanol–water partition coefficient (Wildman–Crippen LogP) is -1.86. The molecule has 2 nitrogen and oxygen atoms in total. The Morgan fingerprint density at radius 2 is 1.25 bits per heavy atom. The molecule has 0 amide bonds. The van der Waals surface area contributed by atoms with E-state index in [1.54, 1.807) is 0 Å². The van der Waals surface area contributed by atoms with Crippen LogP contribution in [0.15, 0.2) is 0 Å². The van der Waals surface area contributed by atoms with Crippen LogP contribution in [0.25, 0.3) is 0 Å². The van der Waals surface area contributed by atoms with Crippen LogP contribution in [0.1, 0.15) is 0 Å². The molecule has 0 aromatic heterocycles. The molecule has 4 heavy (non-hydrogen) atoms. The van der Waals surface area contributed by atoms with Gasteiger partial charge < -0.3 is 5.48 Å². The van der Waals surface area contributed by atoms with Gasteiger partial charge in [-0.1, -0.05) is 0 Å². The van der Waals surface area contributed by atoms with Crippen molar-refractivity contribution in [2.24, 2.45) is 0 Å². The van der Waals surface area contributed by atoms with Gasteiger partial charge in [-0.25, -0.2) is 0 Å². The van der Waals surface area contributed by atoms with Gasteiger partial charge in [0.2, 0.25) is 0 Å². The van der Waals surface area contributed by atoms with Gasteiger partial charge in [0.1, 0.15) is 0 Å². The summed E-state index contributed by atoms with van der Waals surface area (Å²) in [5.74, 6) is 0. The third-order valence-corrected chi connectivity index (χ3v) is 0. The van der Waals surface area contributed by atoms with Gasteiger partial charge in [0.25, 0.3) is 0 Å². The second kappa shape index (κ2) is 24.0. The summed E-state index contributed by atoms with van der Waals surface area (Å²) in [6, 6.07) is 0. The van der Waals surface area contributed by atoms with Gasteiger partial charge in [0, 0.05) is 0 Å². The van der Waals surface area contributed by atoms with Crippen LogP contribution >= 0.6 is 0 Å². The third kappa shape index (κ3) is 9.63. The second-order valence-corrected chi connectivity index (χ2v) is 0. The molecule has 4 heteroatoms. The Kier molecular flexibility index (Phi) is 106. The first-order chi connectivity index (χ1) is 1.00. The van der Waals surface area contributed by atoms with E-state index < -0.39 is 0 Å². The molecular weight excluding hydrogens is 128 g/mol. The van der Waals surface area contributed by atoms with Crippen LogP contribution in [0.4, 0.5) is 0 Å². The van der Waals surface area contributed by atoms with E-state index in [1.807, 2.05) is 15.9 Å². The molecule has 0 rings (SSSR count). The van der Waals surface area contributed by atoms with Crippen molar-refractivity contribution in [2.45, 2.75) is 0 Å². The van der Waals surface area contributed by atoms with E-state index in [2.05, 4.69) is 0 Å². The minimum atomic E-state index is 0. The van der Waals surface area contributed by atoms with Crippen molar-refractivity contribution in [3.8, 4) is 0 Å². The molecule has 0 bridgehead atoms. The fourth-order valence-electron chi connectivity index (χ4n) is 0. The van der Waals surface area contributed by atoms with E-state index in [9.17, 15) is 0 Å². The second-order valence-electron chi connectivity index (χ2n) is 0. The maximum atomic E-state index is 8.00. The molecule has 0 aliphatic heterocycles. The van der Waals surface area contributed by atoms with Gasteiger partial charge in [-0.3, -0.25) is 0 Å². The summed E-state index contributed by atoms with van der Waals surface area (Å²) in [7, 11) is 0. The first-order valence-corrected chi connectivity index (χ1v) is 0.595. The SMILES string of the molecule is O.[CaH2].[O]=[Fe]. The Labute approximate surface area is 62.3 Å².